The molecule has 3 amide bonds. The van der Waals surface area contributed by atoms with E-state index in [2.05, 4.69) is 0 Å². The first-order valence-corrected chi connectivity index (χ1v) is 12.5. The first-order valence-electron chi connectivity index (χ1n) is 11.1. The molecule has 0 spiro atoms. The van der Waals surface area contributed by atoms with E-state index in [4.69, 9.17) is 21.1 Å². The minimum Gasteiger partial charge on any atom is -0.497 e. The molecule has 11 nitrogen and oxygen atoms in total. The molecule has 0 radical (unpaired) electrons. The van der Waals surface area contributed by atoms with Crippen LogP contribution in [0.5, 0.6) is 5.75 Å². The highest BCUT2D eigenvalue weighted by atomic mass is 35.5. The van der Waals surface area contributed by atoms with Crippen LogP contribution >= 0.6 is 23.4 Å². The Bertz CT molecular complexity index is 1350. The molecule has 2 unspecified atom stereocenters. The second-order valence-electron chi connectivity index (χ2n) is 8.94. The lowest BCUT2D eigenvalue weighted by Crippen LogP contribution is -2.71. The predicted molar refractivity (Wildman–Crippen MR) is 131 cm³/mol. The standard InChI is InChI=1S/C24H20ClN3O8S/c1-24(11-25)18(23(32)36-10-12-6-8-13(35-2)9-7-12)27-21(31)17(22(27)37-24)26-19(29)14-4-3-5-15(28(33)34)16(14)20(26)30/h3-9,17-18,22H,10-11H2,1-2H3/t17?,18?,22-,24-/m0/s1. The molecule has 5 rings (SSSR count). The summed E-state index contributed by atoms with van der Waals surface area (Å²) in [5, 5.41) is 10.7. The average molecular weight is 546 g/mol. The number of imide groups is 1. The number of hydrogen-bond acceptors (Lipinski definition) is 9. The molecule has 2 aromatic rings. The van der Waals surface area contributed by atoms with Gasteiger partial charge < -0.3 is 14.4 Å². The molecule has 0 aliphatic carbocycles. The maximum atomic E-state index is 13.3. The quantitative estimate of drug-likeness (QED) is 0.128. The third kappa shape index (κ3) is 3.74. The van der Waals surface area contributed by atoms with Crippen LogP contribution < -0.4 is 4.74 Å². The van der Waals surface area contributed by atoms with Gasteiger partial charge in [-0.15, -0.1) is 23.4 Å². The molecule has 0 aromatic heterocycles. The van der Waals surface area contributed by atoms with Gasteiger partial charge in [0.2, 0.25) is 0 Å². The van der Waals surface area contributed by atoms with Gasteiger partial charge in [-0.05, 0) is 30.7 Å². The molecule has 2 aromatic carbocycles. The van der Waals surface area contributed by atoms with Crippen molar-refractivity contribution in [3.05, 3.63) is 69.3 Å². The van der Waals surface area contributed by atoms with Gasteiger partial charge in [-0.1, -0.05) is 18.2 Å². The highest BCUT2D eigenvalue weighted by Gasteiger charge is 2.69. The van der Waals surface area contributed by atoms with Crippen molar-refractivity contribution in [2.45, 2.75) is 35.7 Å². The molecule has 2 fully saturated rings. The maximum Gasteiger partial charge on any atom is 0.330 e. The number of β-lactam (4-membered cyclic amide) rings is 1. The number of fused-ring (bicyclic) bond motifs is 2. The topological polar surface area (TPSA) is 136 Å². The van der Waals surface area contributed by atoms with Crippen LogP contribution in [-0.4, -0.2) is 73.6 Å². The minimum atomic E-state index is -1.22. The third-order valence-corrected chi connectivity index (χ3v) is 9.07. The number of thioether (sulfide) groups is 1. The molecule has 2 saturated heterocycles. The zero-order valence-electron chi connectivity index (χ0n) is 19.6. The lowest BCUT2D eigenvalue weighted by Gasteiger charge is -2.46. The molecule has 37 heavy (non-hydrogen) atoms. The first-order chi connectivity index (χ1) is 17.6. The summed E-state index contributed by atoms with van der Waals surface area (Å²) in [7, 11) is 1.54. The molecular weight excluding hydrogens is 526 g/mol. The van der Waals surface area contributed by atoms with E-state index in [0.717, 1.165) is 11.0 Å². The SMILES string of the molecule is COc1ccc(COC(=O)C2N3C(=O)C(N4C(=O)c5cccc([N+](=O)[O-])c5C4=O)[C@@H]3S[C@@]2(C)CCl)cc1. The highest BCUT2D eigenvalue weighted by Crippen LogP contribution is 2.54. The van der Waals surface area contributed by atoms with Crippen molar-refractivity contribution in [1.82, 2.24) is 9.80 Å². The Morgan fingerprint density at radius 1 is 1.16 bits per heavy atom. The number of nitro benzene ring substituents is 1. The van der Waals surface area contributed by atoms with Crippen LogP contribution in [0.25, 0.3) is 0 Å². The summed E-state index contributed by atoms with van der Waals surface area (Å²) in [6.07, 6.45) is 0. The van der Waals surface area contributed by atoms with E-state index in [0.29, 0.717) is 11.3 Å². The highest BCUT2D eigenvalue weighted by molar-refractivity contribution is 8.01. The molecule has 0 N–H and O–H groups in total. The Balaban J connectivity index is 1.37. The number of hydrogen-bond donors (Lipinski definition) is 0. The summed E-state index contributed by atoms with van der Waals surface area (Å²) in [6.45, 7) is 1.67. The van der Waals surface area contributed by atoms with Gasteiger partial charge in [-0.25, -0.2) is 4.79 Å². The van der Waals surface area contributed by atoms with Crippen LogP contribution in [0.2, 0.25) is 0 Å². The van der Waals surface area contributed by atoms with Crippen molar-refractivity contribution in [1.29, 1.82) is 0 Å². The number of esters is 1. The Labute approximate surface area is 219 Å². The van der Waals surface area contributed by atoms with Gasteiger partial charge in [0.25, 0.3) is 23.4 Å². The first kappa shape index (κ1) is 25.0. The van der Waals surface area contributed by atoms with Crippen LogP contribution in [0.15, 0.2) is 42.5 Å². The van der Waals surface area contributed by atoms with Crippen LogP contribution in [0.3, 0.4) is 0 Å². The molecule has 3 aliphatic rings. The maximum absolute atomic E-state index is 13.3. The van der Waals surface area contributed by atoms with E-state index < -0.39 is 56.5 Å². The number of nitrogens with zero attached hydrogens (tertiary/aromatic N) is 3. The lowest BCUT2D eigenvalue weighted by atomic mass is 9.95. The van der Waals surface area contributed by atoms with Crippen LogP contribution in [0.4, 0.5) is 5.69 Å². The van der Waals surface area contributed by atoms with Crippen molar-refractivity contribution in [3.8, 4) is 5.75 Å². The van der Waals surface area contributed by atoms with Gasteiger partial charge >= 0.3 is 5.97 Å². The Morgan fingerprint density at radius 2 is 1.86 bits per heavy atom. The fourth-order valence-corrected chi connectivity index (χ4v) is 6.85. The van der Waals surface area contributed by atoms with E-state index in [1.165, 1.54) is 35.9 Å². The monoisotopic (exact) mass is 545 g/mol. The van der Waals surface area contributed by atoms with Crippen LogP contribution in [0, 0.1) is 10.1 Å². The van der Waals surface area contributed by atoms with Crippen molar-refractivity contribution < 1.29 is 33.6 Å². The number of methoxy groups -OCH3 is 1. The molecular formula is C24H20ClN3O8S. The fraction of sp³-hybridized carbons (Fsp3) is 0.333. The molecule has 0 bridgehead atoms. The van der Waals surface area contributed by atoms with Gasteiger partial charge in [0.05, 0.1) is 22.3 Å². The molecule has 0 saturated carbocycles. The van der Waals surface area contributed by atoms with Crippen LogP contribution in [0.1, 0.15) is 33.2 Å². The number of alkyl halides is 1. The number of rotatable bonds is 7. The average Bonchev–Trinajstić information content (AvgIpc) is 3.32. The molecule has 4 atom stereocenters. The number of carbonyl (C=O) groups excluding carboxylic acids is 4. The third-order valence-electron chi connectivity index (χ3n) is 6.73. The summed E-state index contributed by atoms with van der Waals surface area (Å²) in [5.41, 5.74) is -0.276. The molecule has 13 heteroatoms. The number of amides is 3. The summed E-state index contributed by atoms with van der Waals surface area (Å²) in [6, 6.07) is 8.42. The second-order valence-corrected chi connectivity index (χ2v) is 10.9. The van der Waals surface area contributed by atoms with E-state index in [1.807, 2.05) is 0 Å². The molecule has 3 aliphatic heterocycles. The Hall–Kier alpha value is -3.64. The smallest absolute Gasteiger partial charge is 0.330 e. The largest absolute Gasteiger partial charge is 0.497 e. The van der Waals surface area contributed by atoms with Crippen molar-refractivity contribution in [3.63, 3.8) is 0 Å². The summed E-state index contributed by atoms with van der Waals surface area (Å²) >= 11 is 7.43. The second kappa shape index (κ2) is 9.03. The van der Waals surface area contributed by atoms with E-state index >= 15 is 0 Å². The van der Waals surface area contributed by atoms with Gasteiger partial charge in [-0.2, -0.15) is 0 Å². The van der Waals surface area contributed by atoms with E-state index in [-0.39, 0.29) is 23.6 Å². The summed E-state index contributed by atoms with van der Waals surface area (Å²) < 4.78 is 9.67. The number of benzene rings is 2. The fourth-order valence-electron chi connectivity index (χ4n) is 4.85. The molecule has 3 heterocycles. The van der Waals surface area contributed by atoms with Gasteiger partial charge in [0.1, 0.15) is 35.4 Å². The zero-order chi connectivity index (χ0) is 26.6. The molecule has 192 valence electrons. The van der Waals surface area contributed by atoms with Gasteiger partial charge in [0.15, 0.2) is 0 Å². The van der Waals surface area contributed by atoms with Crippen molar-refractivity contribution in [2.24, 2.45) is 0 Å². The number of nitro groups is 1. The number of halogens is 1. The lowest BCUT2D eigenvalue weighted by molar-refractivity contribution is -0.385. The van der Waals surface area contributed by atoms with Crippen LogP contribution in [-0.2, 0) is 20.9 Å². The van der Waals surface area contributed by atoms with E-state index in [9.17, 15) is 29.3 Å². The predicted octanol–water partition coefficient (Wildman–Crippen LogP) is 2.59. The van der Waals surface area contributed by atoms with Crippen molar-refractivity contribution >= 4 is 52.7 Å². The van der Waals surface area contributed by atoms with Crippen molar-refractivity contribution in [2.75, 3.05) is 13.0 Å². The normalized spacial score (nSPS) is 26.0. The van der Waals surface area contributed by atoms with E-state index in [1.54, 1.807) is 31.2 Å². The minimum absolute atomic E-state index is 0.0133. The number of carbonyl (C=O) groups is 4. The summed E-state index contributed by atoms with van der Waals surface area (Å²) in [5.74, 6) is -2.37. The Morgan fingerprint density at radius 3 is 2.49 bits per heavy atom. The Kier molecular flexibility index (Phi) is 6.11. The number of ether oxygens (including phenoxy) is 2. The zero-order valence-corrected chi connectivity index (χ0v) is 21.2. The van der Waals surface area contributed by atoms with Gasteiger partial charge in [0, 0.05) is 11.9 Å². The summed E-state index contributed by atoms with van der Waals surface area (Å²) in [4.78, 5) is 65.4. The van der Waals surface area contributed by atoms with Gasteiger partial charge in [-0.3, -0.25) is 29.4 Å².